The number of phenols is 1. The van der Waals surface area contributed by atoms with Crippen LogP contribution in [0.1, 0.15) is 30.4 Å². The highest BCUT2D eigenvalue weighted by molar-refractivity contribution is 5.90. The zero-order chi connectivity index (χ0) is 23.3. The van der Waals surface area contributed by atoms with E-state index in [1.54, 1.807) is 6.07 Å². The van der Waals surface area contributed by atoms with Crippen LogP contribution in [0.3, 0.4) is 0 Å². The summed E-state index contributed by atoms with van der Waals surface area (Å²) in [7, 11) is 0. The SMILES string of the molecule is C=CCN1CC[C@]23c4c5ccc(O)c4O[C@H]2C(=O)CC[C@@]3(O)[C@H]1C5.O=C(O)/C=C\C(=O)O. The molecule has 0 radical (unpaired) electrons. The Hall–Kier alpha value is -3.17. The number of aliphatic hydroxyl groups is 1. The average Bonchev–Trinajstić information content (AvgIpc) is 3.09. The third-order valence-corrected chi connectivity index (χ3v) is 7.10. The molecule has 2 fully saturated rings. The van der Waals surface area contributed by atoms with E-state index in [4.69, 9.17) is 14.9 Å². The van der Waals surface area contributed by atoms with E-state index in [2.05, 4.69) is 11.5 Å². The molecule has 9 nitrogen and oxygen atoms in total. The lowest BCUT2D eigenvalue weighted by molar-refractivity contribution is -0.187. The van der Waals surface area contributed by atoms with E-state index in [1.807, 2.05) is 12.1 Å². The number of hydrogen-bond acceptors (Lipinski definition) is 7. The summed E-state index contributed by atoms with van der Waals surface area (Å²) >= 11 is 0. The van der Waals surface area contributed by atoms with E-state index in [0.29, 0.717) is 43.6 Å². The van der Waals surface area contributed by atoms with Crippen LogP contribution < -0.4 is 4.74 Å². The van der Waals surface area contributed by atoms with Gasteiger partial charge in [-0.3, -0.25) is 9.69 Å². The number of aromatic hydroxyl groups is 1. The second-order valence-electron chi connectivity index (χ2n) is 8.57. The number of carboxylic acid groups (broad SMARTS) is 2. The van der Waals surface area contributed by atoms with Gasteiger partial charge in [0, 0.05) is 43.3 Å². The van der Waals surface area contributed by atoms with Crippen molar-refractivity contribution in [3.8, 4) is 11.5 Å². The number of nitrogens with zero attached hydrogens (tertiary/aromatic N) is 1. The maximum Gasteiger partial charge on any atom is 0.328 e. The van der Waals surface area contributed by atoms with Gasteiger partial charge in [0.2, 0.25) is 0 Å². The molecule has 4 aliphatic rings. The van der Waals surface area contributed by atoms with E-state index < -0.39 is 29.1 Å². The molecule has 1 aromatic rings. The number of phenolic OH excluding ortho intramolecular Hbond substituents is 1. The first-order valence-electron chi connectivity index (χ1n) is 10.4. The first kappa shape index (κ1) is 22.0. The molecule has 2 heterocycles. The van der Waals surface area contributed by atoms with E-state index in [-0.39, 0.29) is 17.6 Å². The van der Waals surface area contributed by atoms with Gasteiger partial charge in [-0.05, 0) is 30.9 Å². The van der Waals surface area contributed by atoms with Crippen LogP contribution in [0.5, 0.6) is 11.5 Å². The minimum Gasteiger partial charge on any atom is -0.504 e. The molecule has 4 N–H and O–H groups in total. The summed E-state index contributed by atoms with van der Waals surface area (Å²) < 4.78 is 5.98. The molecule has 1 aromatic carbocycles. The average molecular weight is 443 g/mol. The number of carbonyl (C=O) groups excluding carboxylic acids is 1. The van der Waals surface area contributed by atoms with Gasteiger partial charge in [-0.1, -0.05) is 12.1 Å². The van der Waals surface area contributed by atoms with Crippen molar-refractivity contribution in [2.75, 3.05) is 13.1 Å². The van der Waals surface area contributed by atoms with Gasteiger partial charge in [0.1, 0.15) is 0 Å². The van der Waals surface area contributed by atoms with Crippen LogP contribution in [0.25, 0.3) is 0 Å². The minimum atomic E-state index is -1.26. The number of ketones is 1. The lowest BCUT2D eigenvalue weighted by Crippen LogP contribution is -2.76. The fourth-order valence-corrected chi connectivity index (χ4v) is 5.94. The molecule has 4 atom stereocenters. The van der Waals surface area contributed by atoms with Crippen molar-refractivity contribution in [1.29, 1.82) is 0 Å². The highest BCUT2D eigenvalue weighted by Gasteiger charge is 2.73. The lowest BCUT2D eigenvalue weighted by atomic mass is 9.49. The predicted molar refractivity (Wildman–Crippen MR) is 112 cm³/mol. The van der Waals surface area contributed by atoms with Crippen LogP contribution in [0.4, 0.5) is 0 Å². The van der Waals surface area contributed by atoms with Crippen LogP contribution in [-0.4, -0.2) is 73.9 Å². The molecule has 0 aromatic heterocycles. The molecule has 32 heavy (non-hydrogen) atoms. The highest BCUT2D eigenvalue weighted by Crippen LogP contribution is 2.64. The van der Waals surface area contributed by atoms with E-state index in [0.717, 1.165) is 24.2 Å². The predicted octanol–water partition coefficient (Wildman–Crippen LogP) is 1.01. The number of carboxylic acids is 2. The van der Waals surface area contributed by atoms with Crippen molar-refractivity contribution in [2.45, 2.75) is 48.8 Å². The summed E-state index contributed by atoms with van der Waals surface area (Å²) in [5.41, 5.74) is 0.256. The van der Waals surface area contributed by atoms with Crippen molar-refractivity contribution in [3.05, 3.63) is 48.1 Å². The molecular weight excluding hydrogens is 418 g/mol. The molecule has 1 saturated heterocycles. The molecule has 1 saturated carbocycles. The van der Waals surface area contributed by atoms with Gasteiger partial charge in [-0.2, -0.15) is 0 Å². The van der Waals surface area contributed by atoms with Crippen molar-refractivity contribution >= 4 is 17.7 Å². The van der Waals surface area contributed by atoms with Gasteiger partial charge in [0.15, 0.2) is 23.4 Å². The second kappa shape index (κ2) is 7.75. The quantitative estimate of drug-likeness (QED) is 0.396. The van der Waals surface area contributed by atoms with Crippen molar-refractivity contribution < 1.29 is 39.5 Å². The summed E-state index contributed by atoms with van der Waals surface area (Å²) in [5.74, 6) is -1.99. The summed E-state index contributed by atoms with van der Waals surface area (Å²) in [6, 6.07) is 3.52. The Balaban J connectivity index is 0.000000265. The third kappa shape index (κ3) is 3.03. The summed E-state index contributed by atoms with van der Waals surface area (Å²) in [6.45, 7) is 5.36. The largest absolute Gasteiger partial charge is 0.504 e. The van der Waals surface area contributed by atoms with Gasteiger partial charge in [0.05, 0.1) is 11.0 Å². The Morgan fingerprint density at radius 2 is 1.91 bits per heavy atom. The maximum absolute atomic E-state index is 12.6. The number of likely N-dealkylation sites (tertiary alicyclic amines) is 1. The van der Waals surface area contributed by atoms with Crippen LogP contribution in [-0.2, 0) is 26.2 Å². The molecule has 5 rings (SSSR count). The smallest absolute Gasteiger partial charge is 0.328 e. The van der Waals surface area contributed by atoms with Gasteiger partial charge < -0.3 is 25.2 Å². The maximum atomic E-state index is 12.6. The zero-order valence-electron chi connectivity index (χ0n) is 17.4. The number of hydrogen-bond donors (Lipinski definition) is 4. The molecular formula is C23H25NO8. The van der Waals surface area contributed by atoms with Gasteiger partial charge >= 0.3 is 11.9 Å². The molecule has 2 aliphatic carbocycles. The zero-order valence-corrected chi connectivity index (χ0v) is 17.4. The number of ether oxygens (including phenoxy) is 1. The monoisotopic (exact) mass is 443 g/mol. The van der Waals surface area contributed by atoms with Crippen LogP contribution in [0, 0.1) is 0 Å². The standard InChI is InChI=1S/C19H21NO4.C4H4O4/c1-2-8-20-9-7-18-15-11-3-4-12(21)16(15)24-17(18)13(22)5-6-19(18,23)14(20)10-11;5-3(6)1-2-4(7)8/h2-4,14,17,21,23H,1,5-10H2;1-2H,(H,5,6)(H,7,8)/b;2-1-/t14-,17+,18+,19-;/m1./s1. The molecule has 0 unspecified atom stereocenters. The Bertz CT molecular complexity index is 1020. The molecule has 0 amide bonds. The number of benzene rings is 1. The van der Waals surface area contributed by atoms with Crippen LogP contribution in [0.2, 0.25) is 0 Å². The number of piperidine rings is 1. The molecule has 1 spiro atoms. The van der Waals surface area contributed by atoms with E-state index >= 15 is 0 Å². The fraction of sp³-hybridized carbons (Fsp3) is 0.435. The first-order valence-corrected chi connectivity index (χ1v) is 10.4. The normalized spacial score (nSPS) is 31.8. The van der Waals surface area contributed by atoms with Gasteiger partial charge in [-0.15, -0.1) is 6.58 Å². The summed E-state index contributed by atoms with van der Waals surface area (Å²) in [6.07, 6.45) is 4.46. The van der Waals surface area contributed by atoms with Crippen LogP contribution >= 0.6 is 0 Å². The summed E-state index contributed by atoms with van der Waals surface area (Å²) in [4.78, 5) is 34.0. The lowest BCUT2D eigenvalue weighted by Gasteiger charge is -2.62. The van der Waals surface area contributed by atoms with Gasteiger partial charge in [0.25, 0.3) is 0 Å². The molecule has 170 valence electrons. The number of aliphatic carboxylic acids is 2. The Kier molecular flexibility index (Phi) is 5.34. The second-order valence-corrected chi connectivity index (χ2v) is 8.57. The number of carbonyl (C=O) groups is 3. The molecule has 9 heteroatoms. The molecule has 2 aliphatic heterocycles. The highest BCUT2D eigenvalue weighted by atomic mass is 16.5. The third-order valence-electron chi connectivity index (χ3n) is 7.10. The Labute approximate surface area is 184 Å². The summed E-state index contributed by atoms with van der Waals surface area (Å²) in [5, 5.41) is 37.7. The van der Waals surface area contributed by atoms with Crippen molar-refractivity contribution in [1.82, 2.24) is 4.90 Å². The van der Waals surface area contributed by atoms with Crippen LogP contribution in [0.15, 0.2) is 36.9 Å². The van der Waals surface area contributed by atoms with E-state index in [1.165, 1.54) is 0 Å². The minimum absolute atomic E-state index is 0.0408. The fourth-order valence-electron chi connectivity index (χ4n) is 5.94. The van der Waals surface area contributed by atoms with Crippen molar-refractivity contribution in [2.24, 2.45) is 0 Å². The number of Topliss-reactive ketones (excluding diaryl/α,β-unsaturated/α-hetero) is 1. The topological polar surface area (TPSA) is 145 Å². The Morgan fingerprint density at radius 3 is 2.53 bits per heavy atom. The molecule has 2 bridgehead atoms. The number of rotatable bonds is 4. The Morgan fingerprint density at radius 1 is 1.22 bits per heavy atom. The van der Waals surface area contributed by atoms with E-state index in [9.17, 15) is 24.6 Å². The van der Waals surface area contributed by atoms with Crippen molar-refractivity contribution in [3.63, 3.8) is 0 Å². The van der Waals surface area contributed by atoms with Gasteiger partial charge in [-0.25, -0.2) is 9.59 Å². The first-order chi connectivity index (χ1) is 15.2.